The quantitative estimate of drug-likeness (QED) is 0.152. The number of hydrogen-bond acceptors (Lipinski definition) is 1. The summed E-state index contributed by atoms with van der Waals surface area (Å²) < 4.78 is 0. The first kappa shape index (κ1) is 35.5. The fourth-order valence-electron chi connectivity index (χ4n) is 10.8. The molecule has 288 valence electrons. The first-order valence-electron chi connectivity index (χ1n) is 21.4. The van der Waals surface area contributed by atoms with Gasteiger partial charge < -0.3 is 4.90 Å². The number of fused-ring (bicyclic) bond motifs is 9. The maximum absolute atomic E-state index is 2.46. The van der Waals surface area contributed by atoms with Crippen LogP contribution in [-0.4, -0.2) is 0 Å². The summed E-state index contributed by atoms with van der Waals surface area (Å²) >= 11 is 0. The minimum atomic E-state index is -0.450. The van der Waals surface area contributed by atoms with Crippen LogP contribution in [0.1, 0.15) is 47.2 Å². The van der Waals surface area contributed by atoms with Crippen molar-refractivity contribution in [3.05, 3.63) is 258 Å². The Morgan fingerprint density at radius 1 is 0.311 bits per heavy atom. The van der Waals surface area contributed by atoms with Gasteiger partial charge in [-0.1, -0.05) is 196 Å². The van der Waals surface area contributed by atoms with Gasteiger partial charge in [-0.25, -0.2) is 0 Å². The average Bonchev–Trinajstić information content (AvgIpc) is 3.75. The molecule has 0 radical (unpaired) electrons. The van der Waals surface area contributed by atoms with Crippen LogP contribution in [0.2, 0.25) is 0 Å². The van der Waals surface area contributed by atoms with Crippen LogP contribution in [0.15, 0.2) is 224 Å². The second-order valence-electron chi connectivity index (χ2n) is 17.3. The Bertz CT molecular complexity index is 3280. The van der Waals surface area contributed by atoms with Crippen LogP contribution in [0.25, 0.3) is 54.9 Å². The molecular formula is C60H43N. The zero-order valence-electron chi connectivity index (χ0n) is 34.3. The fourth-order valence-corrected chi connectivity index (χ4v) is 10.8. The van der Waals surface area contributed by atoms with Crippen molar-refractivity contribution in [1.29, 1.82) is 0 Å². The van der Waals surface area contributed by atoms with Gasteiger partial charge >= 0.3 is 0 Å². The molecular weight excluding hydrogens is 735 g/mol. The maximum Gasteiger partial charge on any atom is 0.0713 e. The smallest absolute Gasteiger partial charge is 0.0713 e. The molecule has 2 aliphatic rings. The monoisotopic (exact) mass is 777 g/mol. The summed E-state index contributed by atoms with van der Waals surface area (Å²) in [7, 11) is 0. The second kappa shape index (κ2) is 13.5. The molecule has 0 saturated heterocycles. The first-order chi connectivity index (χ1) is 30.0. The van der Waals surface area contributed by atoms with E-state index in [9.17, 15) is 0 Å². The van der Waals surface area contributed by atoms with Crippen molar-refractivity contribution in [2.45, 2.75) is 24.7 Å². The Kier molecular flexibility index (Phi) is 7.86. The van der Waals surface area contributed by atoms with Gasteiger partial charge in [-0.3, -0.25) is 0 Å². The molecule has 1 nitrogen and oxygen atoms in total. The number of anilines is 3. The summed E-state index contributed by atoms with van der Waals surface area (Å²) in [6.07, 6.45) is 0. The van der Waals surface area contributed by atoms with Crippen LogP contribution in [0, 0.1) is 0 Å². The van der Waals surface area contributed by atoms with E-state index in [0.717, 1.165) is 17.1 Å². The molecule has 10 aromatic rings. The molecule has 0 fully saturated rings. The van der Waals surface area contributed by atoms with Crippen molar-refractivity contribution >= 4 is 38.6 Å². The summed E-state index contributed by atoms with van der Waals surface area (Å²) in [6.45, 7) is 4.73. The summed E-state index contributed by atoms with van der Waals surface area (Å²) in [6, 6.07) is 83.6. The fraction of sp³-hybridized carbons (Fsp3) is 0.0667. The highest BCUT2D eigenvalue weighted by molar-refractivity contribution is 6.08. The van der Waals surface area contributed by atoms with E-state index in [2.05, 4.69) is 243 Å². The summed E-state index contributed by atoms with van der Waals surface area (Å²) in [5.74, 6) is 0. The lowest BCUT2D eigenvalue weighted by molar-refractivity contribution is 0.660. The number of rotatable bonds is 6. The van der Waals surface area contributed by atoms with Gasteiger partial charge in [-0.05, 0) is 131 Å². The van der Waals surface area contributed by atoms with Crippen LogP contribution in [-0.2, 0) is 10.8 Å². The predicted octanol–water partition coefficient (Wildman–Crippen LogP) is 15.8. The van der Waals surface area contributed by atoms with E-state index in [1.807, 2.05) is 0 Å². The summed E-state index contributed by atoms with van der Waals surface area (Å²) in [5.41, 5.74) is 18.3. The molecule has 0 bridgehead atoms. The highest BCUT2D eigenvalue weighted by atomic mass is 15.1. The van der Waals surface area contributed by atoms with Crippen LogP contribution in [0.5, 0.6) is 0 Å². The zero-order valence-corrected chi connectivity index (χ0v) is 34.3. The lowest BCUT2D eigenvalue weighted by atomic mass is 9.68. The van der Waals surface area contributed by atoms with E-state index in [1.54, 1.807) is 0 Å². The Balaban J connectivity index is 1.04. The van der Waals surface area contributed by atoms with Crippen molar-refractivity contribution in [2.24, 2.45) is 0 Å². The third-order valence-corrected chi connectivity index (χ3v) is 13.7. The summed E-state index contributed by atoms with van der Waals surface area (Å²) in [5, 5.41) is 5.09. The molecule has 0 heterocycles. The molecule has 0 atom stereocenters. The SMILES string of the molecule is CC1(C)c2ccccc2-c2ccc(N(c3ccc(-c4ccc5ccc6ccccc6c5c4)cc3)c3ccc4c(c3)-c3ccccc3C4(c3ccccc3)c3ccccc3)cc21. The minimum Gasteiger partial charge on any atom is -0.310 e. The molecule has 61 heavy (non-hydrogen) atoms. The second-order valence-corrected chi connectivity index (χ2v) is 17.3. The Hall–Kier alpha value is -7.48. The van der Waals surface area contributed by atoms with Crippen molar-refractivity contribution in [2.75, 3.05) is 4.90 Å². The Labute approximate surface area is 357 Å². The van der Waals surface area contributed by atoms with Crippen molar-refractivity contribution < 1.29 is 0 Å². The molecule has 12 rings (SSSR count). The van der Waals surface area contributed by atoms with Crippen LogP contribution < -0.4 is 4.90 Å². The largest absolute Gasteiger partial charge is 0.310 e. The standard InChI is InChI=1S/C60H43N/c1-59(2)55-23-13-11-21-50(55)52-35-33-48(39-58(52)59)61(46-31-29-40(30-32-46)43-28-27-42-26-25-41-15-9-10-20-49(41)53(42)37-43)47-34-36-57-54(38-47)51-22-12-14-24-56(51)60(57,44-16-5-3-6-17-44)45-18-7-4-8-19-45/h3-39H,1-2H3. The lowest BCUT2D eigenvalue weighted by Crippen LogP contribution is -2.28. The number of benzene rings is 10. The molecule has 0 aromatic heterocycles. The predicted molar refractivity (Wildman–Crippen MR) is 256 cm³/mol. The molecule has 10 aromatic carbocycles. The van der Waals surface area contributed by atoms with E-state index in [-0.39, 0.29) is 5.41 Å². The van der Waals surface area contributed by atoms with Gasteiger partial charge in [-0.15, -0.1) is 0 Å². The van der Waals surface area contributed by atoms with E-state index in [4.69, 9.17) is 0 Å². The van der Waals surface area contributed by atoms with Gasteiger partial charge in [-0.2, -0.15) is 0 Å². The molecule has 0 aliphatic heterocycles. The van der Waals surface area contributed by atoms with E-state index < -0.39 is 5.41 Å². The molecule has 2 aliphatic carbocycles. The molecule has 0 unspecified atom stereocenters. The molecule has 1 heteroatoms. The number of nitrogens with zero attached hydrogens (tertiary/aromatic N) is 1. The average molecular weight is 778 g/mol. The molecule has 0 saturated carbocycles. The third kappa shape index (κ3) is 5.27. The van der Waals surface area contributed by atoms with Crippen LogP contribution >= 0.6 is 0 Å². The number of hydrogen-bond donors (Lipinski definition) is 0. The van der Waals surface area contributed by atoms with Gasteiger partial charge in [0, 0.05) is 22.5 Å². The van der Waals surface area contributed by atoms with Gasteiger partial charge in [0.1, 0.15) is 0 Å². The van der Waals surface area contributed by atoms with Crippen molar-refractivity contribution in [3.63, 3.8) is 0 Å². The highest BCUT2D eigenvalue weighted by Gasteiger charge is 2.46. The third-order valence-electron chi connectivity index (χ3n) is 13.7. The van der Waals surface area contributed by atoms with Gasteiger partial charge in [0.15, 0.2) is 0 Å². The topological polar surface area (TPSA) is 3.24 Å². The minimum absolute atomic E-state index is 0.125. The first-order valence-corrected chi connectivity index (χ1v) is 21.4. The highest BCUT2D eigenvalue weighted by Crippen LogP contribution is 2.57. The van der Waals surface area contributed by atoms with Gasteiger partial charge in [0.2, 0.25) is 0 Å². The van der Waals surface area contributed by atoms with E-state index >= 15 is 0 Å². The van der Waals surface area contributed by atoms with Crippen molar-refractivity contribution in [3.8, 4) is 33.4 Å². The van der Waals surface area contributed by atoms with Crippen LogP contribution in [0.4, 0.5) is 17.1 Å². The zero-order chi connectivity index (χ0) is 40.7. The van der Waals surface area contributed by atoms with Crippen molar-refractivity contribution in [1.82, 2.24) is 0 Å². The normalized spacial score (nSPS) is 14.0. The van der Waals surface area contributed by atoms with Crippen LogP contribution in [0.3, 0.4) is 0 Å². The lowest BCUT2D eigenvalue weighted by Gasteiger charge is -2.34. The van der Waals surface area contributed by atoms with E-state index in [0.29, 0.717) is 0 Å². The maximum atomic E-state index is 2.46. The Morgan fingerprint density at radius 3 is 1.56 bits per heavy atom. The molecule has 0 amide bonds. The van der Waals surface area contributed by atoms with E-state index in [1.165, 1.54) is 88.3 Å². The summed E-state index contributed by atoms with van der Waals surface area (Å²) in [4.78, 5) is 2.46. The van der Waals surface area contributed by atoms with Gasteiger partial charge in [0.05, 0.1) is 5.41 Å². The molecule has 0 spiro atoms. The Morgan fingerprint density at radius 2 is 0.820 bits per heavy atom. The molecule has 0 N–H and O–H groups in total. The van der Waals surface area contributed by atoms with Gasteiger partial charge in [0.25, 0.3) is 0 Å².